The van der Waals surface area contributed by atoms with Crippen LogP contribution in [-0.4, -0.2) is 21.0 Å². The molecule has 4 rings (SSSR count). The Labute approximate surface area is 209 Å². The van der Waals surface area contributed by atoms with E-state index < -0.39 is 16.1 Å². The number of para-hydroxylation sites is 1. The molecule has 10 heteroatoms. The van der Waals surface area contributed by atoms with E-state index >= 15 is 0 Å². The first-order chi connectivity index (χ1) is 16.3. The molecular formula is C24H16Cl2N2O5S. The molecule has 34 heavy (non-hydrogen) atoms. The molecule has 0 N–H and O–H groups in total. The molecule has 0 atom stereocenters. The fourth-order valence-corrected chi connectivity index (χ4v) is 4.54. The van der Waals surface area contributed by atoms with E-state index in [2.05, 4.69) is 0 Å². The van der Waals surface area contributed by atoms with E-state index in [-0.39, 0.29) is 29.3 Å². The summed E-state index contributed by atoms with van der Waals surface area (Å²) in [5.74, 6) is -0.0798. The number of nitro benzene ring substituents is 1. The second kappa shape index (κ2) is 10.3. The molecule has 0 saturated carbocycles. The van der Waals surface area contributed by atoms with Crippen molar-refractivity contribution >= 4 is 57.9 Å². The summed E-state index contributed by atoms with van der Waals surface area (Å²) in [5.41, 5.74) is 1.49. The zero-order valence-corrected chi connectivity index (χ0v) is 19.8. The summed E-state index contributed by atoms with van der Waals surface area (Å²) >= 11 is 12.9. The van der Waals surface area contributed by atoms with E-state index in [9.17, 15) is 19.7 Å². The van der Waals surface area contributed by atoms with E-state index in [0.717, 1.165) is 22.2 Å². The first-order valence-electron chi connectivity index (χ1n) is 9.96. The number of carbonyl (C=O) groups excluding carboxylic acids is 2. The smallest absolute Gasteiger partial charge is 0.293 e. The average molecular weight is 515 g/mol. The summed E-state index contributed by atoms with van der Waals surface area (Å²) in [4.78, 5) is 37.4. The number of hydrogen-bond donors (Lipinski definition) is 0. The molecule has 0 bridgehead atoms. The normalized spacial score (nSPS) is 14.6. The summed E-state index contributed by atoms with van der Waals surface area (Å²) in [5, 5.41) is 11.8. The van der Waals surface area contributed by atoms with Crippen LogP contribution in [0.5, 0.6) is 5.75 Å². The van der Waals surface area contributed by atoms with Gasteiger partial charge in [0.25, 0.3) is 16.8 Å². The van der Waals surface area contributed by atoms with E-state index in [0.29, 0.717) is 21.4 Å². The van der Waals surface area contributed by atoms with E-state index in [1.165, 1.54) is 24.3 Å². The molecule has 1 aliphatic rings. The highest BCUT2D eigenvalue weighted by molar-refractivity contribution is 8.18. The second-order valence-electron chi connectivity index (χ2n) is 7.25. The third-order valence-corrected chi connectivity index (χ3v) is 6.31. The molecular weight excluding hydrogens is 499 g/mol. The number of benzene rings is 3. The maximum atomic E-state index is 13.0. The Balaban J connectivity index is 1.57. The monoisotopic (exact) mass is 514 g/mol. The molecule has 7 nitrogen and oxygen atoms in total. The van der Waals surface area contributed by atoms with Crippen molar-refractivity contribution in [3.8, 4) is 5.75 Å². The average Bonchev–Trinajstić information content (AvgIpc) is 3.06. The lowest BCUT2D eigenvalue weighted by Crippen LogP contribution is -2.27. The highest BCUT2D eigenvalue weighted by atomic mass is 35.5. The molecule has 3 aromatic carbocycles. The van der Waals surface area contributed by atoms with Gasteiger partial charge in [0.1, 0.15) is 12.4 Å². The van der Waals surface area contributed by atoms with Gasteiger partial charge in [-0.3, -0.25) is 24.6 Å². The predicted octanol–water partition coefficient (Wildman–Crippen LogP) is 6.72. The molecule has 1 saturated heterocycles. The van der Waals surface area contributed by atoms with Crippen LogP contribution in [0.2, 0.25) is 10.0 Å². The summed E-state index contributed by atoms with van der Waals surface area (Å²) < 4.78 is 5.91. The minimum absolute atomic E-state index is 0.155. The Morgan fingerprint density at radius 3 is 2.53 bits per heavy atom. The van der Waals surface area contributed by atoms with Gasteiger partial charge in [0.15, 0.2) is 0 Å². The molecule has 0 aromatic heterocycles. The van der Waals surface area contributed by atoms with Crippen LogP contribution in [0.15, 0.2) is 71.6 Å². The highest BCUT2D eigenvalue weighted by Gasteiger charge is 2.36. The molecule has 0 radical (unpaired) electrons. The van der Waals surface area contributed by atoms with E-state index in [1.807, 2.05) is 12.1 Å². The first-order valence-corrected chi connectivity index (χ1v) is 11.5. The van der Waals surface area contributed by atoms with Gasteiger partial charge < -0.3 is 4.74 Å². The highest BCUT2D eigenvalue weighted by Crippen LogP contribution is 2.36. The van der Waals surface area contributed by atoms with Crippen LogP contribution < -0.4 is 4.74 Å². The van der Waals surface area contributed by atoms with Crippen molar-refractivity contribution < 1.29 is 19.2 Å². The van der Waals surface area contributed by atoms with Crippen molar-refractivity contribution in [2.45, 2.75) is 13.2 Å². The van der Waals surface area contributed by atoms with Gasteiger partial charge in [-0.2, -0.15) is 0 Å². The zero-order chi connectivity index (χ0) is 24.2. The van der Waals surface area contributed by atoms with Gasteiger partial charge in [-0.25, -0.2) is 0 Å². The topological polar surface area (TPSA) is 89.8 Å². The quantitative estimate of drug-likeness (QED) is 0.197. The minimum atomic E-state index is -0.547. The molecule has 0 aliphatic carbocycles. The lowest BCUT2D eigenvalue weighted by Gasteiger charge is -2.13. The predicted molar refractivity (Wildman–Crippen MR) is 132 cm³/mol. The Kier molecular flexibility index (Phi) is 7.21. The summed E-state index contributed by atoms with van der Waals surface area (Å²) in [6.45, 7) is 0.0367. The molecule has 0 unspecified atom stereocenters. The van der Waals surface area contributed by atoms with Gasteiger partial charge in [-0.15, -0.1) is 0 Å². The summed E-state index contributed by atoms with van der Waals surface area (Å²) in [7, 11) is 0. The third-order valence-electron chi connectivity index (χ3n) is 4.93. The van der Waals surface area contributed by atoms with Crippen LogP contribution >= 0.6 is 35.0 Å². The van der Waals surface area contributed by atoms with Crippen molar-refractivity contribution in [2.75, 3.05) is 0 Å². The van der Waals surface area contributed by atoms with Gasteiger partial charge in [-0.05, 0) is 53.7 Å². The first kappa shape index (κ1) is 23.8. The van der Waals surface area contributed by atoms with Gasteiger partial charge >= 0.3 is 0 Å². The van der Waals surface area contributed by atoms with Crippen molar-refractivity contribution in [1.82, 2.24) is 4.90 Å². The lowest BCUT2D eigenvalue weighted by atomic mass is 10.1. The molecule has 1 fully saturated rings. The third kappa shape index (κ3) is 5.41. The van der Waals surface area contributed by atoms with Crippen LogP contribution in [0, 0.1) is 10.1 Å². The number of halogens is 2. The lowest BCUT2D eigenvalue weighted by molar-refractivity contribution is -0.385. The molecule has 172 valence electrons. The van der Waals surface area contributed by atoms with Gasteiger partial charge in [0, 0.05) is 27.2 Å². The van der Waals surface area contributed by atoms with Gasteiger partial charge in [0.2, 0.25) is 0 Å². The Morgan fingerprint density at radius 1 is 1.00 bits per heavy atom. The second-order valence-corrected chi connectivity index (χ2v) is 9.12. The van der Waals surface area contributed by atoms with Crippen molar-refractivity contribution in [3.05, 3.63) is 108 Å². The number of thioether (sulfide) groups is 1. The Morgan fingerprint density at radius 2 is 1.76 bits per heavy atom. The maximum absolute atomic E-state index is 13.0. The molecule has 1 aliphatic heterocycles. The maximum Gasteiger partial charge on any atom is 0.293 e. The van der Waals surface area contributed by atoms with Crippen molar-refractivity contribution in [1.29, 1.82) is 0 Å². The molecule has 3 aromatic rings. The fraction of sp³-hybridized carbons (Fsp3) is 0.0833. The number of ether oxygens (including phenoxy) is 1. The van der Waals surface area contributed by atoms with E-state index in [1.54, 1.807) is 36.4 Å². The number of hydrogen-bond acceptors (Lipinski definition) is 6. The van der Waals surface area contributed by atoms with Crippen LogP contribution in [0.3, 0.4) is 0 Å². The number of imide groups is 1. The summed E-state index contributed by atoms with van der Waals surface area (Å²) in [6.07, 6.45) is 1.53. The zero-order valence-electron chi connectivity index (χ0n) is 17.4. The largest absolute Gasteiger partial charge is 0.488 e. The van der Waals surface area contributed by atoms with Crippen LogP contribution in [0.25, 0.3) is 6.08 Å². The number of nitrogens with zero attached hydrogens (tertiary/aromatic N) is 2. The molecule has 0 spiro atoms. The van der Waals surface area contributed by atoms with Gasteiger partial charge in [0.05, 0.1) is 16.4 Å². The Hall–Kier alpha value is -3.33. The number of rotatable bonds is 7. The van der Waals surface area contributed by atoms with Crippen LogP contribution in [0.1, 0.15) is 16.7 Å². The number of amides is 2. The standard InChI is InChI=1S/C24H16Cl2N2O5S/c25-18-6-3-4-15(10-18)14-33-21-9-8-19(26)11-17(21)12-22-23(29)27(24(30)34-22)13-16-5-1-2-7-20(16)28(31)32/h1-12H,13-14H2. The fourth-order valence-electron chi connectivity index (χ4n) is 3.32. The van der Waals surface area contributed by atoms with E-state index in [4.69, 9.17) is 27.9 Å². The number of nitro groups is 1. The van der Waals surface area contributed by atoms with Crippen LogP contribution in [-0.2, 0) is 17.9 Å². The van der Waals surface area contributed by atoms with Gasteiger partial charge in [-0.1, -0.05) is 53.5 Å². The SMILES string of the molecule is O=C1SC(=Cc2cc(Cl)ccc2OCc2cccc(Cl)c2)C(=O)N1Cc1ccccc1[N+](=O)[O-]. The Bertz CT molecular complexity index is 1330. The molecule has 1 heterocycles. The van der Waals surface area contributed by atoms with Crippen molar-refractivity contribution in [2.24, 2.45) is 0 Å². The minimum Gasteiger partial charge on any atom is -0.488 e. The number of carbonyl (C=O) groups is 2. The van der Waals surface area contributed by atoms with Crippen molar-refractivity contribution in [3.63, 3.8) is 0 Å². The molecule has 2 amide bonds. The van der Waals surface area contributed by atoms with Crippen LogP contribution in [0.4, 0.5) is 10.5 Å². The summed E-state index contributed by atoms with van der Waals surface area (Å²) in [6, 6.07) is 18.2.